The molecule has 1 amide bonds. The van der Waals surface area contributed by atoms with Gasteiger partial charge >= 0.3 is 0 Å². The van der Waals surface area contributed by atoms with Crippen molar-refractivity contribution in [2.75, 3.05) is 32.8 Å². The van der Waals surface area contributed by atoms with E-state index in [-0.39, 0.29) is 12.0 Å². The summed E-state index contributed by atoms with van der Waals surface area (Å²) in [5.74, 6) is 0.404. The van der Waals surface area contributed by atoms with Gasteiger partial charge in [-0.2, -0.15) is 0 Å². The van der Waals surface area contributed by atoms with Crippen LogP contribution in [0.5, 0.6) is 5.88 Å². The summed E-state index contributed by atoms with van der Waals surface area (Å²) in [6, 6.07) is 10.0. The van der Waals surface area contributed by atoms with E-state index in [2.05, 4.69) is 9.88 Å². The number of fused-ring (bicyclic) bond motifs is 1. The maximum Gasteiger partial charge on any atom is 0.259 e. The Morgan fingerprint density at radius 2 is 2.12 bits per heavy atom. The van der Waals surface area contributed by atoms with Crippen molar-refractivity contribution < 1.29 is 14.6 Å². The lowest BCUT2D eigenvalue weighted by Crippen LogP contribution is -2.60. The van der Waals surface area contributed by atoms with Gasteiger partial charge in [0.25, 0.3) is 5.91 Å². The molecule has 4 rings (SSSR count). The van der Waals surface area contributed by atoms with Gasteiger partial charge in [-0.05, 0) is 25.0 Å². The van der Waals surface area contributed by atoms with E-state index >= 15 is 0 Å². The van der Waals surface area contributed by atoms with Gasteiger partial charge in [0.1, 0.15) is 5.56 Å². The average Bonchev–Trinajstić information content (AvgIpc) is 3.03. The van der Waals surface area contributed by atoms with E-state index in [9.17, 15) is 9.90 Å². The van der Waals surface area contributed by atoms with Crippen molar-refractivity contribution >= 4 is 16.8 Å². The number of carbonyl (C=O) groups excluding carboxylic acids is 1. The van der Waals surface area contributed by atoms with Gasteiger partial charge in [-0.15, -0.1) is 0 Å². The van der Waals surface area contributed by atoms with Gasteiger partial charge in [-0.25, -0.2) is 4.98 Å². The molecule has 6 heteroatoms. The summed E-state index contributed by atoms with van der Waals surface area (Å²) < 4.78 is 5.77. The zero-order valence-corrected chi connectivity index (χ0v) is 15.1. The molecule has 1 aromatic heterocycles. The smallest absolute Gasteiger partial charge is 0.259 e. The van der Waals surface area contributed by atoms with E-state index in [0.29, 0.717) is 37.2 Å². The summed E-state index contributed by atoms with van der Waals surface area (Å²) >= 11 is 0. The SMILES string of the molecule is CCCOc1nc2ccccc2cc1C(=O)N1CC(N2CC[C@@H](O)C2)C1. The van der Waals surface area contributed by atoms with Crippen LogP contribution in [0.4, 0.5) is 0 Å². The largest absolute Gasteiger partial charge is 0.477 e. The molecule has 0 radical (unpaired) electrons. The number of ether oxygens (including phenoxy) is 1. The van der Waals surface area contributed by atoms with Crippen molar-refractivity contribution in [3.63, 3.8) is 0 Å². The second-order valence-corrected chi connectivity index (χ2v) is 7.18. The topological polar surface area (TPSA) is 65.9 Å². The van der Waals surface area contributed by atoms with Gasteiger partial charge in [0.2, 0.25) is 5.88 Å². The highest BCUT2D eigenvalue weighted by Gasteiger charge is 2.38. The van der Waals surface area contributed by atoms with Gasteiger partial charge < -0.3 is 14.7 Å². The summed E-state index contributed by atoms with van der Waals surface area (Å²) in [5.41, 5.74) is 1.37. The van der Waals surface area contributed by atoms with Gasteiger partial charge in [-0.1, -0.05) is 25.1 Å². The number of likely N-dealkylation sites (tertiary alicyclic amines) is 2. The molecule has 0 spiro atoms. The minimum Gasteiger partial charge on any atom is -0.477 e. The van der Waals surface area contributed by atoms with E-state index in [1.807, 2.05) is 42.2 Å². The Kier molecular flexibility index (Phi) is 4.78. The van der Waals surface area contributed by atoms with E-state index in [1.54, 1.807) is 0 Å². The predicted octanol–water partition coefficient (Wildman–Crippen LogP) is 1.91. The van der Waals surface area contributed by atoms with Crippen LogP contribution in [-0.4, -0.2) is 70.7 Å². The Morgan fingerprint density at radius 1 is 1.31 bits per heavy atom. The molecule has 2 aromatic rings. The second-order valence-electron chi connectivity index (χ2n) is 7.18. The average molecular weight is 355 g/mol. The number of carbonyl (C=O) groups is 1. The molecule has 2 fully saturated rings. The number of aliphatic hydroxyl groups excluding tert-OH is 1. The minimum atomic E-state index is -0.224. The van der Waals surface area contributed by atoms with Gasteiger partial charge in [0, 0.05) is 37.6 Å². The van der Waals surface area contributed by atoms with Gasteiger partial charge in [0.05, 0.1) is 18.2 Å². The van der Waals surface area contributed by atoms with Crippen molar-refractivity contribution in [2.45, 2.75) is 31.9 Å². The number of rotatable bonds is 5. The molecule has 138 valence electrons. The Morgan fingerprint density at radius 3 is 2.85 bits per heavy atom. The fourth-order valence-corrected chi connectivity index (χ4v) is 3.68. The van der Waals surface area contributed by atoms with Gasteiger partial charge in [0.15, 0.2) is 0 Å². The first-order valence-electron chi connectivity index (χ1n) is 9.39. The lowest BCUT2D eigenvalue weighted by molar-refractivity contribution is 0.0295. The van der Waals surface area contributed by atoms with Crippen LogP contribution in [0.2, 0.25) is 0 Å². The number of aromatic nitrogens is 1. The summed E-state index contributed by atoms with van der Waals surface area (Å²) in [7, 11) is 0. The summed E-state index contributed by atoms with van der Waals surface area (Å²) in [5, 5.41) is 10.6. The highest BCUT2D eigenvalue weighted by atomic mass is 16.5. The second kappa shape index (κ2) is 7.21. The zero-order chi connectivity index (χ0) is 18.1. The van der Waals surface area contributed by atoms with Crippen LogP contribution in [0.1, 0.15) is 30.1 Å². The molecule has 1 N–H and O–H groups in total. The minimum absolute atomic E-state index is 0.0228. The number of aliphatic hydroxyl groups is 1. The third-order valence-electron chi connectivity index (χ3n) is 5.22. The Bertz CT molecular complexity index is 804. The Hall–Kier alpha value is -2.18. The van der Waals surface area contributed by atoms with Crippen molar-refractivity contribution in [3.8, 4) is 5.88 Å². The quantitative estimate of drug-likeness (QED) is 0.888. The number of pyridine rings is 1. The highest BCUT2D eigenvalue weighted by molar-refractivity contribution is 6.00. The third-order valence-corrected chi connectivity index (χ3v) is 5.22. The first-order chi connectivity index (χ1) is 12.7. The molecule has 2 saturated heterocycles. The molecule has 0 bridgehead atoms. The standard InChI is InChI=1S/C20H25N3O3/c1-2-9-26-19-17(10-14-5-3-4-6-18(14)21-19)20(25)23-11-15(12-23)22-8-7-16(24)13-22/h3-6,10,15-16,24H,2,7-9,11-13H2,1H3/t16-/m1/s1. The van der Waals surface area contributed by atoms with Crippen molar-refractivity contribution in [3.05, 3.63) is 35.9 Å². The maximum absolute atomic E-state index is 13.0. The summed E-state index contributed by atoms with van der Waals surface area (Å²) in [6.07, 6.45) is 1.47. The van der Waals surface area contributed by atoms with Crippen LogP contribution in [0.25, 0.3) is 10.9 Å². The van der Waals surface area contributed by atoms with Crippen LogP contribution in [-0.2, 0) is 0 Å². The highest BCUT2D eigenvalue weighted by Crippen LogP contribution is 2.27. The number of para-hydroxylation sites is 1. The van der Waals surface area contributed by atoms with Crippen LogP contribution in [0.15, 0.2) is 30.3 Å². The lowest BCUT2D eigenvalue weighted by atomic mass is 10.0. The Balaban J connectivity index is 1.52. The fraction of sp³-hybridized carbons (Fsp3) is 0.500. The van der Waals surface area contributed by atoms with Crippen LogP contribution >= 0.6 is 0 Å². The van der Waals surface area contributed by atoms with E-state index < -0.39 is 0 Å². The fourth-order valence-electron chi connectivity index (χ4n) is 3.68. The number of β-amino-alcohol motifs (C(OH)–C–C–N with tert-alkyl or cyclic N) is 1. The summed E-state index contributed by atoms with van der Waals surface area (Å²) in [4.78, 5) is 21.7. The number of amides is 1. The number of hydrogen-bond acceptors (Lipinski definition) is 5. The van der Waals surface area contributed by atoms with Crippen molar-refractivity contribution in [2.24, 2.45) is 0 Å². The van der Waals surface area contributed by atoms with Crippen LogP contribution in [0, 0.1) is 0 Å². The number of hydrogen-bond donors (Lipinski definition) is 1. The molecule has 1 atom stereocenters. The van der Waals surface area contributed by atoms with Crippen molar-refractivity contribution in [1.29, 1.82) is 0 Å². The third kappa shape index (κ3) is 3.27. The molecule has 1 aromatic carbocycles. The predicted molar refractivity (Wildman–Crippen MR) is 99.4 cm³/mol. The van der Waals surface area contributed by atoms with E-state index in [4.69, 9.17) is 4.74 Å². The molecule has 0 unspecified atom stereocenters. The molecule has 0 aliphatic carbocycles. The molecule has 2 aliphatic rings. The molecule has 0 saturated carbocycles. The van der Waals surface area contributed by atoms with E-state index in [0.717, 1.165) is 36.8 Å². The summed E-state index contributed by atoms with van der Waals surface area (Å²) in [6.45, 7) is 5.61. The van der Waals surface area contributed by atoms with Crippen molar-refractivity contribution in [1.82, 2.24) is 14.8 Å². The first-order valence-corrected chi connectivity index (χ1v) is 9.39. The van der Waals surface area contributed by atoms with Crippen LogP contribution < -0.4 is 4.74 Å². The Labute approximate surface area is 153 Å². The molecule has 6 nitrogen and oxygen atoms in total. The van der Waals surface area contributed by atoms with Crippen LogP contribution in [0.3, 0.4) is 0 Å². The normalized spacial score (nSPS) is 21.2. The molecular formula is C20H25N3O3. The molecule has 2 aliphatic heterocycles. The maximum atomic E-state index is 13.0. The lowest BCUT2D eigenvalue weighted by Gasteiger charge is -2.44. The molecular weight excluding hydrogens is 330 g/mol. The monoisotopic (exact) mass is 355 g/mol. The first kappa shape index (κ1) is 17.2. The number of nitrogens with zero attached hydrogens (tertiary/aromatic N) is 3. The van der Waals surface area contributed by atoms with E-state index in [1.165, 1.54) is 0 Å². The van der Waals surface area contributed by atoms with Gasteiger partial charge in [-0.3, -0.25) is 9.69 Å². The molecule has 26 heavy (non-hydrogen) atoms. The number of benzene rings is 1. The zero-order valence-electron chi connectivity index (χ0n) is 15.1. The molecule has 3 heterocycles.